The molecule has 0 amide bonds. The van der Waals surface area contributed by atoms with Crippen LogP contribution in [0.25, 0.3) is 0 Å². The Morgan fingerprint density at radius 3 is 2.74 bits per heavy atom. The molecule has 1 heterocycles. The number of methoxy groups -OCH3 is 1. The molecule has 1 N–H and O–H groups in total. The molecule has 7 heteroatoms. The molecule has 0 spiro atoms. The fraction of sp³-hybridized carbons (Fsp3) is 0.167. The van der Waals surface area contributed by atoms with Crippen LogP contribution in [-0.2, 0) is 0 Å². The zero-order valence-corrected chi connectivity index (χ0v) is 11.3. The van der Waals surface area contributed by atoms with Gasteiger partial charge >= 0.3 is 0 Å². The number of rotatable bonds is 3. The lowest BCUT2D eigenvalue weighted by Gasteiger charge is -2.00. The average Bonchev–Trinajstić information content (AvgIpc) is 2.44. The number of H-pyrrole nitrogens is 1. The second-order valence-corrected chi connectivity index (χ2v) is 4.14. The van der Waals surface area contributed by atoms with Crippen molar-refractivity contribution in [2.45, 2.75) is 6.92 Å². The molecule has 2 aromatic rings. The normalized spacial score (nSPS) is 10.8. The summed E-state index contributed by atoms with van der Waals surface area (Å²) in [5.41, 5.74) is 0.797. The van der Waals surface area contributed by atoms with E-state index in [0.717, 1.165) is 16.0 Å². The van der Waals surface area contributed by atoms with Crippen LogP contribution in [0, 0.1) is 11.7 Å². The molecule has 0 aliphatic heterocycles. The lowest BCUT2D eigenvalue weighted by Crippen LogP contribution is -2.22. The fourth-order valence-electron chi connectivity index (χ4n) is 1.39. The summed E-state index contributed by atoms with van der Waals surface area (Å²) >= 11 is 4.97. The Bertz CT molecular complexity index is 716. The number of nitrogens with one attached hydrogen (secondary N) is 1. The van der Waals surface area contributed by atoms with Gasteiger partial charge in [-0.15, -0.1) is 0 Å². The number of hydrogen-bond donors (Lipinski definition) is 1. The van der Waals surface area contributed by atoms with Gasteiger partial charge < -0.3 is 4.74 Å². The van der Waals surface area contributed by atoms with Gasteiger partial charge in [-0.05, 0) is 49.0 Å². The van der Waals surface area contributed by atoms with Crippen LogP contribution in [0.15, 0.2) is 34.2 Å². The highest BCUT2D eigenvalue weighted by atomic mass is 32.1. The molecule has 6 nitrogen and oxygen atoms in total. The second kappa shape index (κ2) is 5.57. The molecule has 0 saturated carbocycles. The molecule has 2 rings (SSSR count). The smallest absolute Gasteiger partial charge is 0.296 e. The molecule has 0 aliphatic rings. The van der Waals surface area contributed by atoms with Crippen molar-refractivity contribution in [2.75, 3.05) is 7.11 Å². The maximum atomic E-state index is 11.8. The number of ether oxygens (including phenoxy) is 1. The number of hydrogen-bond acceptors (Lipinski definition) is 5. The van der Waals surface area contributed by atoms with E-state index in [1.54, 1.807) is 20.2 Å². The number of aromatic amines is 1. The molecule has 0 unspecified atom stereocenters. The molecule has 1 aromatic carbocycles. The van der Waals surface area contributed by atoms with Crippen LogP contribution in [0.2, 0.25) is 0 Å². The first-order valence-electron chi connectivity index (χ1n) is 5.48. The molecule has 0 atom stereocenters. The van der Waals surface area contributed by atoms with Crippen LogP contribution in [0.1, 0.15) is 11.3 Å². The van der Waals surface area contributed by atoms with E-state index < -0.39 is 0 Å². The van der Waals surface area contributed by atoms with Crippen molar-refractivity contribution in [1.82, 2.24) is 14.9 Å². The first kappa shape index (κ1) is 13.2. The Kier molecular flexibility index (Phi) is 3.86. The Morgan fingerprint density at radius 1 is 1.42 bits per heavy atom. The van der Waals surface area contributed by atoms with Crippen molar-refractivity contribution >= 4 is 18.4 Å². The van der Waals surface area contributed by atoms with Gasteiger partial charge in [0.1, 0.15) is 11.4 Å². The van der Waals surface area contributed by atoms with Crippen molar-refractivity contribution in [3.63, 3.8) is 0 Å². The van der Waals surface area contributed by atoms with Crippen molar-refractivity contribution in [3.05, 3.63) is 50.6 Å². The fourth-order valence-corrected chi connectivity index (χ4v) is 1.57. The summed E-state index contributed by atoms with van der Waals surface area (Å²) in [6.07, 6.45) is 1.55. The van der Waals surface area contributed by atoms with Gasteiger partial charge in [-0.1, -0.05) is 0 Å². The van der Waals surface area contributed by atoms with Crippen LogP contribution in [0.3, 0.4) is 0 Å². The molecule has 19 heavy (non-hydrogen) atoms. The summed E-state index contributed by atoms with van der Waals surface area (Å²) in [4.78, 5) is 11.8. The summed E-state index contributed by atoms with van der Waals surface area (Å²) in [5.74, 6) is 0.756. The van der Waals surface area contributed by atoms with Gasteiger partial charge in [-0.25, -0.2) is 0 Å². The highest BCUT2D eigenvalue weighted by Gasteiger charge is 2.00. The van der Waals surface area contributed by atoms with Crippen LogP contribution >= 0.6 is 12.2 Å². The first-order valence-corrected chi connectivity index (χ1v) is 5.89. The predicted molar refractivity (Wildman–Crippen MR) is 74.4 cm³/mol. The van der Waals surface area contributed by atoms with Gasteiger partial charge in [0.25, 0.3) is 5.56 Å². The quantitative estimate of drug-likeness (QED) is 0.681. The zero-order valence-electron chi connectivity index (χ0n) is 10.5. The molecule has 1 aromatic heterocycles. The Morgan fingerprint density at radius 2 is 2.11 bits per heavy atom. The van der Waals surface area contributed by atoms with E-state index in [1.807, 2.05) is 24.3 Å². The maximum absolute atomic E-state index is 11.8. The summed E-state index contributed by atoms with van der Waals surface area (Å²) in [5, 5.41) is 10.4. The molecule has 98 valence electrons. The van der Waals surface area contributed by atoms with Crippen LogP contribution in [0.5, 0.6) is 5.75 Å². The average molecular weight is 276 g/mol. The molecule has 0 fully saturated rings. The number of nitrogens with zero attached hydrogens (tertiary/aromatic N) is 3. The Hall–Kier alpha value is -2.28. The largest absolute Gasteiger partial charge is 0.497 e. The lowest BCUT2D eigenvalue weighted by atomic mass is 10.2. The Balaban J connectivity index is 2.35. The summed E-state index contributed by atoms with van der Waals surface area (Å²) in [7, 11) is 1.60. The van der Waals surface area contributed by atoms with Gasteiger partial charge in [0.15, 0.2) is 0 Å². The van der Waals surface area contributed by atoms with E-state index in [1.165, 1.54) is 0 Å². The predicted octanol–water partition coefficient (Wildman–Crippen LogP) is 1.50. The van der Waals surface area contributed by atoms with E-state index in [0.29, 0.717) is 5.69 Å². The van der Waals surface area contributed by atoms with Gasteiger partial charge in [-0.2, -0.15) is 14.9 Å². The van der Waals surface area contributed by atoms with E-state index >= 15 is 0 Å². The van der Waals surface area contributed by atoms with Gasteiger partial charge in [0.2, 0.25) is 4.77 Å². The highest BCUT2D eigenvalue weighted by molar-refractivity contribution is 7.71. The summed E-state index contributed by atoms with van der Waals surface area (Å²) in [6.45, 7) is 1.59. The minimum atomic E-state index is -0.339. The molecule has 0 bridgehead atoms. The first-order chi connectivity index (χ1) is 9.11. The lowest BCUT2D eigenvalue weighted by molar-refractivity contribution is 0.415. The third kappa shape index (κ3) is 2.94. The Labute approximate surface area is 114 Å². The molecule has 0 radical (unpaired) electrons. The number of aromatic nitrogens is 3. The van der Waals surface area contributed by atoms with Gasteiger partial charge in [0, 0.05) is 0 Å². The number of aryl methyl sites for hydroxylation is 1. The molecule has 0 saturated heterocycles. The van der Waals surface area contributed by atoms with Crippen LogP contribution in [-0.4, -0.2) is 28.2 Å². The van der Waals surface area contributed by atoms with Crippen LogP contribution in [0.4, 0.5) is 0 Å². The van der Waals surface area contributed by atoms with Crippen LogP contribution < -0.4 is 10.3 Å². The van der Waals surface area contributed by atoms with E-state index in [9.17, 15) is 4.79 Å². The zero-order chi connectivity index (χ0) is 13.8. The minimum Gasteiger partial charge on any atom is -0.497 e. The third-order valence-corrected chi connectivity index (χ3v) is 2.72. The van der Waals surface area contributed by atoms with Gasteiger partial charge in [0.05, 0.1) is 13.3 Å². The summed E-state index contributed by atoms with van der Waals surface area (Å²) < 4.78 is 6.31. The standard InChI is InChI=1S/C12H12N4O2S/c1-8-11(17)16(12(19)15-14-8)13-7-9-3-5-10(18-2)6-4-9/h3-7H,1-2H3,(H,15,19)/b13-7+. The molecular formula is C12H12N4O2S. The van der Waals surface area contributed by atoms with E-state index in [-0.39, 0.29) is 10.3 Å². The topological polar surface area (TPSA) is 72.3 Å². The third-order valence-electron chi connectivity index (χ3n) is 2.45. The van der Waals surface area contributed by atoms with Crippen molar-refractivity contribution in [2.24, 2.45) is 5.10 Å². The SMILES string of the molecule is COc1ccc(/C=N/n2c(=S)[nH]nc(C)c2=O)cc1. The van der Waals surface area contributed by atoms with Crippen molar-refractivity contribution in [3.8, 4) is 5.75 Å². The maximum Gasteiger partial charge on any atom is 0.296 e. The highest BCUT2D eigenvalue weighted by Crippen LogP contribution is 2.09. The van der Waals surface area contributed by atoms with E-state index in [4.69, 9.17) is 17.0 Å². The summed E-state index contributed by atoms with van der Waals surface area (Å²) in [6, 6.07) is 7.27. The number of benzene rings is 1. The minimum absolute atomic E-state index is 0.153. The molecule has 0 aliphatic carbocycles. The van der Waals surface area contributed by atoms with Crippen molar-refractivity contribution < 1.29 is 4.74 Å². The van der Waals surface area contributed by atoms with Crippen molar-refractivity contribution in [1.29, 1.82) is 0 Å². The molecular weight excluding hydrogens is 264 g/mol. The van der Waals surface area contributed by atoms with E-state index in [2.05, 4.69) is 15.3 Å². The second-order valence-electron chi connectivity index (χ2n) is 3.75. The monoisotopic (exact) mass is 276 g/mol. The van der Waals surface area contributed by atoms with Gasteiger partial charge in [-0.3, -0.25) is 9.89 Å².